The first-order chi connectivity index (χ1) is 14.9. The van der Waals surface area contributed by atoms with E-state index in [-0.39, 0.29) is 6.04 Å². The van der Waals surface area contributed by atoms with E-state index < -0.39 is 0 Å². The molecule has 0 amide bonds. The van der Waals surface area contributed by atoms with Crippen LogP contribution >= 0.6 is 0 Å². The van der Waals surface area contributed by atoms with Gasteiger partial charge < -0.3 is 4.57 Å². The molecule has 5 rings (SSSR count). The summed E-state index contributed by atoms with van der Waals surface area (Å²) in [5.74, 6) is 0. The molecule has 2 aromatic carbocycles. The highest BCUT2D eigenvalue weighted by Gasteiger charge is 2.22. The number of aromatic nitrogens is 4. The Balaban J connectivity index is 1.83. The average molecular weight is 409 g/mol. The number of aryl methyl sites for hydroxylation is 5. The molecule has 4 nitrogen and oxygen atoms in total. The van der Waals surface area contributed by atoms with Gasteiger partial charge in [0.2, 0.25) is 0 Å². The van der Waals surface area contributed by atoms with E-state index in [0.717, 1.165) is 33.6 Å². The van der Waals surface area contributed by atoms with Crippen molar-refractivity contribution in [1.82, 2.24) is 19.2 Å². The van der Waals surface area contributed by atoms with Crippen molar-refractivity contribution in [3.63, 3.8) is 0 Å². The Hall–Kier alpha value is -3.40. The maximum absolute atomic E-state index is 5.04. The van der Waals surface area contributed by atoms with Crippen molar-refractivity contribution in [2.24, 2.45) is 0 Å². The zero-order valence-electron chi connectivity index (χ0n) is 19.1. The van der Waals surface area contributed by atoms with Crippen LogP contribution in [0, 0.1) is 34.6 Å². The SMILES string of the molecule is Cc1cc(C)c(-c2c(C)nn3c2nc(C)c2ccn([C@H](C)c4ccccc4)c23)c(C)c1. The van der Waals surface area contributed by atoms with Gasteiger partial charge >= 0.3 is 0 Å². The van der Waals surface area contributed by atoms with Gasteiger partial charge in [-0.1, -0.05) is 48.0 Å². The monoisotopic (exact) mass is 408 g/mol. The summed E-state index contributed by atoms with van der Waals surface area (Å²) in [5, 5.41) is 6.15. The first-order valence-corrected chi connectivity index (χ1v) is 10.9. The Morgan fingerprint density at radius 2 is 1.48 bits per heavy atom. The molecular formula is C27H28N4. The van der Waals surface area contributed by atoms with E-state index >= 15 is 0 Å². The van der Waals surface area contributed by atoms with Crippen molar-refractivity contribution in [1.29, 1.82) is 0 Å². The van der Waals surface area contributed by atoms with Crippen LogP contribution in [0.5, 0.6) is 0 Å². The molecule has 0 N–H and O–H groups in total. The van der Waals surface area contributed by atoms with E-state index in [4.69, 9.17) is 10.1 Å². The van der Waals surface area contributed by atoms with E-state index in [0.29, 0.717) is 0 Å². The van der Waals surface area contributed by atoms with Gasteiger partial charge in [0.1, 0.15) is 5.65 Å². The van der Waals surface area contributed by atoms with Gasteiger partial charge in [-0.15, -0.1) is 0 Å². The minimum absolute atomic E-state index is 0.194. The van der Waals surface area contributed by atoms with Gasteiger partial charge in [0.15, 0.2) is 5.65 Å². The third-order valence-electron chi connectivity index (χ3n) is 6.41. The molecular weight excluding hydrogens is 380 g/mol. The van der Waals surface area contributed by atoms with E-state index in [1.807, 2.05) is 4.52 Å². The summed E-state index contributed by atoms with van der Waals surface area (Å²) in [6, 6.07) is 17.5. The van der Waals surface area contributed by atoms with Crippen LogP contribution in [0.2, 0.25) is 0 Å². The fraction of sp³-hybridized carbons (Fsp3) is 0.259. The van der Waals surface area contributed by atoms with E-state index in [1.54, 1.807) is 0 Å². The highest BCUT2D eigenvalue weighted by atomic mass is 15.3. The standard InChI is InChI=1S/C27H28N4/c1-16-14-17(2)24(18(3)15-16)25-20(5)29-31-26(25)28-19(4)23-12-13-30(27(23)31)21(6)22-10-8-7-9-11-22/h7-15,21H,1-6H3/t21-/m1/s1. The zero-order valence-corrected chi connectivity index (χ0v) is 19.1. The van der Waals surface area contributed by atoms with Gasteiger partial charge in [-0.2, -0.15) is 9.61 Å². The van der Waals surface area contributed by atoms with Crippen molar-refractivity contribution in [2.45, 2.75) is 47.6 Å². The van der Waals surface area contributed by atoms with Crippen molar-refractivity contribution in [3.8, 4) is 11.1 Å². The second kappa shape index (κ2) is 7.09. The first kappa shape index (κ1) is 19.6. The van der Waals surface area contributed by atoms with Crippen LogP contribution in [0.1, 0.15) is 46.6 Å². The van der Waals surface area contributed by atoms with Gasteiger partial charge in [-0.05, 0) is 69.9 Å². The Labute approximate surface area is 183 Å². The highest BCUT2D eigenvalue weighted by molar-refractivity contribution is 5.89. The minimum atomic E-state index is 0.194. The summed E-state index contributed by atoms with van der Waals surface area (Å²) < 4.78 is 4.36. The fourth-order valence-corrected chi connectivity index (χ4v) is 5.00. The summed E-state index contributed by atoms with van der Waals surface area (Å²) >= 11 is 0. The van der Waals surface area contributed by atoms with Crippen LogP contribution in [0.4, 0.5) is 0 Å². The van der Waals surface area contributed by atoms with E-state index in [9.17, 15) is 0 Å². The molecule has 0 unspecified atom stereocenters. The third kappa shape index (κ3) is 2.97. The van der Waals surface area contributed by atoms with Gasteiger partial charge in [-0.25, -0.2) is 4.98 Å². The number of benzene rings is 2. The predicted molar refractivity (Wildman–Crippen MR) is 128 cm³/mol. The van der Waals surface area contributed by atoms with Crippen LogP contribution in [-0.4, -0.2) is 19.2 Å². The Morgan fingerprint density at radius 1 is 0.806 bits per heavy atom. The molecule has 31 heavy (non-hydrogen) atoms. The first-order valence-electron chi connectivity index (χ1n) is 10.9. The largest absolute Gasteiger partial charge is 0.325 e. The van der Waals surface area contributed by atoms with Crippen LogP contribution in [0.3, 0.4) is 0 Å². The average Bonchev–Trinajstić information content (AvgIpc) is 3.30. The third-order valence-corrected chi connectivity index (χ3v) is 6.41. The lowest BCUT2D eigenvalue weighted by Crippen LogP contribution is -2.09. The molecule has 0 fully saturated rings. The van der Waals surface area contributed by atoms with Crippen LogP contribution in [-0.2, 0) is 0 Å². The van der Waals surface area contributed by atoms with Gasteiger partial charge in [-0.3, -0.25) is 0 Å². The maximum Gasteiger partial charge on any atom is 0.165 e. The predicted octanol–water partition coefficient (Wildman–Crippen LogP) is 6.50. The summed E-state index contributed by atoms with van der Waals surface area (Å²) in [6.07, 6.45) is 2.16. The summed E-state index contributed by atoms with van der Waals surface area (Å²) in [5.41, 5.74) is 11.5. The lowest BCUT2D eigenvalue weighted by atomic mass is 9.94. The Bertz CT molecular complexity index is 1410. The van der Waals surface area contributed by atoms with Crippen molar-refractivity contribution < 1.29 is 0 Å². The van der Waals surface area contributed by atoms with E-state index in [1.165, 1.54) is 27.8 Å². The topological polar surface area (TPSA) is 35.1 Å². The molecule has 0 radical (unpaired) electrons. The number of hydrogen-bond acceptors (Lipinski definition) is 2. The van der Waals surface area contributed by atoms with Crippen LogP contribution < -0.4 is 0 Å². The van der Waals surface area contributed by atoms with Crippen LogP contribution in [0.15, 0.2) is 54.7 Å². The van der Waals surface area contributed by atoms with E-state index in [2.05, 4.69) is 101 Å². The van der Waals surface area contributed by atoms with Crippen molar-refractivity contribution >= 4 is 16.7 Å². The molecule has 3 aromatic heterocycles. The van der Waals surface area contributed by atoms with Gasteiger partial charge in [0, 0.05) is 11.6 Å². The molecule has 3 heterocycles. The lowest BCUT2D eigenvalue weighted by molar-refractivity contribution is 0.650. The van der Waals surface area contributed by atoms with Crippen LogP contribution in [0.25, 0.3) is 27.8 Å². The summed E-state index contributed by atoms with van der Waals surface area (Å²) in [6.45, 7) is 12.9. The maximum atomic E-state index is 5.04. The summed E-state index contributed by atoms with van der Waals surface area (Å²) in [4.78, 5) is 5.04. The molecule has 0 aliphatic heterocycles. The zero-order chi connectivity index (χ0) is 21.9. The van der Waals surface area contributed by atoms with Crippen molar-refractivity contribution in [3.05, 3.63) is 88.4 Å². The smallest absolute Gasteiger partial charge is 0.165 e. The molecule has 0 spiro atoms. The number of fused-ring (bicyclic) bond motifs is 3. The number of rotatable bonds is 3. The molecule has 4 heteroatoms. The minimum Gasteiger partial charge on any atom is -0.325 e. The van der Waals surface area contributed by atoms with Gasteiger partial charge in [0.05, 0.1) is 23.0 Å². The molecule has 0 aliphatic rings. The second-order valence-electron chi connectivity index (χ2n) is 8.71. The van der Waals surface area contributed by atoms with Gasteiger partial charge in [0.25, 0.3) is 0 Å². The fourth-order valence-electron chi connectivity index (χ4n) is 5.00. The highest BCUT2D eigenvalue weighted by Crippen LogP contribution is 2.36. The normalized spacial score (nSPS) is 12.7. The molecule has 5 aromatic rings. The molecule has 0 aliphatic carbocycles. The number of nitrogens with zero attached hydrogens (tertiary/aromatic N) is 4. The molecule has 1 atom stereocenters. The second-order valence-corrected chi connectivity index (χ2v) is 8.71. The lowest BCUT2D eigenvalue weighted by Gasteiger charge is -2.16. The Kier molecular flexibility index (Phi) is 4.47. The van der Waals surface area contributed by atoms with Crippen molar-refractivity contribution in [2.75, 3.05) is 0 Å². The molecule has 0 bridgehead atoms. The Morgan fingerprint density at radius 3 is 2.16 bits per heavy atom. The molecule has 0 saturated heterocycles. The molecule has 156 valence electrons. The molecule has 0 saturated carbocycles. The number of hydrogen-bond donors (Lipinski definition) is 0. The summed E-state index contributed by atoms with van der Waals surface area (Å²) in [7, 11) is 0. The quantitative estimate of drug-likeness (QED) is 0.341.